The summed E-state index contributed by atoms with van der Waals surface area (Å²) < 4.78 is 21.4. The van der Waals surface area contributed by atoms with Crippen LogP contribution in [0.5, 0.6) is 0 Å². The number of β-amino-alcohol motifs (C(OH)–C–C–N with tert-alkyl or cyclic N) is 1. The van der Waals surface area contributed by atoms with Gasteiger partial charge in [-0.25, -0.2) is 4.39 Å². The normalized spacial score (nSPS) is 16.9. The lowest BCUT2D eigenvalue weighted by Gasteiger charge is -2.33. The van der Waals surface area contributed by atoms with Crippen LogP contribution in [0.4, 0.5) is 4.39 Å². The molecule has 0 radical (unpaired) electrons. The van der Waals surface area contributed by atoms with Crippen molar-refractivity contribution in [3.63, 3.8) is 0 Å². The number of aromatic nitrogens is 1. The first kappa shape index (κ1) is 21.5. The second kappa shape index (κ2) is 9.18. The molecule has 2 N–H and O–H groups in total. The number of nitrogens with one attached hydrogen (secondary N) is 1. The van der Waals surface area contributed by atoms with Gasteiger partial charge in [-0.1, -0.05) is 36.4 Å². The van der Waals surface area contributed by atoms with Crippen LogP contribution in [0.25, 0.3) is 10.9 Å². The van der Waals surface area contributed by atoms with Crippen molar-refractivity contribution < 1.29 is 19.0 Å². The molecular weight excluding hydrogens is 397 g/mol. The van der Waals surface area contributed by atoms with Crippen LogP contribution in [0.15, 0.2) is 54.6 Å². The molecule has 6 nitrogen and oxygen atoms in total. The molecule has 164 valence electrons. The minimum Gasteiger partial charge on any atom is -0.387 e. The molecule has 1 aromatic heterocycles. The molecule has 1 saturated heterocycles. The molecule has 0 saturated carbocycles. The van der Waals surface area contributed by atoms with Crippen molar-refractivity contribution in [3.05, 3.63) is 71.7 Å². The summed E-state index contributed by atoms with van der Waals surface area (Å²) in [5.74, 6) is -0.602. The molecule has 31 heavy (non-hydrogen) atoms. The van der Waals surface area contributed by atoms with Gasteiger partial charge in [-0.2, -0.15) is 0 Å². The minimum absolute atomic E-state index is 0.115. The molecule has 0 spiro atoms. The summed E-state index contributed by atoms with van der Waals surface area (Å²) in [5.41, 5.74) is 0.731. The van der Waals surface area contributed by atoms with Crippen LogP contribution in [0.1, 0.15) is 23.0 Å². The number of hydrogen-bond donors (Lipinski definition) is 2. The SMILES string of the molecule is C[C@](O)(CNC(=O)c1cc2ccccc2n1Cc1ccccc1F)CN1CCOCC1. The topological polar surface area (TPSA) is 66.7 Å². The fraction of sp³-hybridized carbons (Fsp3) is 0.375. The number of amides is 1. The maximum absolute atomic E-state index is 14.3. The molecule has 1 amide bonds. The quantitative estimate of drug-likeness (QED) is 0.611. The summed E-state index contributed by atoms with van der Waals surface area (Å²) in [6, 6.07) is 16.0. The number of morpholine rings is 1. The van der Waals surface area contributed by atoms with E-state index in [1.807, 2.05) is 34.9 Å². The van der Waals surface area contributed by atoms with Gasteiger partial charge in [0.15, 0.2) is 0 Å². The van der Waals surface area contributed by atoms with Crippen molar-refractivity contribution in [2.45, 2.75) is 19.1 Å². The molecule has 2 aromatic carbocycles. The Hall–Kier alpha value is -2.74. The molecule has 1 aliphatic heterocycles. The first-order chi connectivity index (χ1) is 14.9. The van der Waals surface area contributed by atoms with Gasteiger partial charge >= 0.3 is 0 Å². The van der Waals surface area contributed by atoms with E-state index in [1.165, 1.54) is 6.07 Å². The highest BCUT2D eigenvalue weighted by Gasteiger charge is 2.27. The van der Waals surface area contributed by atoms with Crippen LogP contribution >= 0.6 is 0 Å². The van der Waals surface area contributed by atoms with Gasteiger partial charge in [0.05, 0.1) is 25.4 Å². The van der Waals surface area contributed by atoms with Crippen LogP contribution in [0, 0.1) is 5.82 Å². The van der Waals surface area contributed by atoms with Crippen molar-refractivity contribution in [2.24, 2.45) is 0 Å². The molecule has 0 bridgehead atoms. The van der Waals surface area contributed by atoms with E-state index < -0.39 is 5.60 Å². The van der Waals surface area contributed by atoms with Gasteiger partial charge in [0.1, 0.15) is 11.5 Å². The second-order valence-electron chi connectivity index (χ2n) is 8.33. The van der Waals surface area contributed by atoms with Crippen molar-refractivity contribution >= 4 is 16.8 Å². The average molecular weight is 426 g/mol. The molecule has 1 fully saturated rings. The summed E-state index contributed by atoms with van der Waals surface area (Å²) in [7, 11) is 0. The molecule has 3 aromatic rings. The summed E-state index contributed by atoms with van der Waals surface area (Å²) in [4.78, 5) is 15.2. The van der Waals surface area contributed by atoms with Gasteiger partial charge in [-0.15, -0.1) is 0 Å². The lowest BCUT2D eigenvalue weighted by molar-refractivity contribution is -0.0213. The molecule has 4 rings (SSSR count). The highest BCUT2D eigenvalue weighted by molar-refractivity contribution is 5.98. The van der Waals surface area contributed by atoms with Crippen molar-refractivity contribution in [1.82, 2.24) is 14.8 Å². The predicted molar refractivity (Wildman–Crippen MR) is 118 cm³/mol. The van der Waals surface area contributed by atoms with E-state index in [-0.39, 0.29) is 24.8 Å². The number of para-hydroxylation sites is 1. The molecular formula is C24H28FN3O3. The van der Waals surface area contributed by atoms with Gasteiger partial charge < -0.3 is 19.7 Å². The fourth-order valence-electron chi connectivity index (χ4n) is 4.02. The molecule has 0 aliphatic carbocycles. The van der Waals surface area contributed by atoms with Crippen molar-refractivity contribution in [3.8, 4) is 0 Å². The number of fused-ring (bicyclic) bond motifs is 1. The molecule has 7 heteroatoms. The maximum Gasteiger partial charge on any atom is 0.268 e. The van der Waals surface area contributed by atoms with E-state index >= 15 is 0 Å². The maximum atomic E-state index is 14.3. The predicted octanol–water partition coefficient (Wildman–Crippen LogP) is 2.64. The Morgan fingerprint density at radius 1 is 1.16 bits per heavy atom. The fourth-order valence-corrected chi connectivity index (χ4v) is 4.02. The number of rotatable bonds is 7. The highest BCUT2D eigenvalue weighted by atomic mass is 19.1. The van der Waals surface area contributed by atoms with Gasteiger partial charge in [0, 0.05) is 42.6 Å². The van der Waals surface area contributed by atoms with Crippen LogP contribution in [0.2, 0.25) is 0 Å². The zero-order valence-electron chi connectivity index (χ0n) is 17.7. The molecule has 1 aliphatic rings. The van der Waals surface area contributed by atoms with E-state index in [9.17, 15) is 14.3 Å². The zero-order valence-corrected chi connectivity index (χ0v) is 17.7. The van der Waals surface area contributed by atoms with E-state index in [4.69, 9.17) is 4.74 Å². The number of ether oxygens (including phenoxy) is 1. The van der Waals surface area contributed by atoms with Gasteiger partial charge in [-0.3, -0.25) is 9.69 Å². The van der Waals surface area contributed by atoms with Gasteiger partial charge in [-0.05, 0) is 25.1 Å². The Bertz CT molecular complexity index is 1060. The van der Waals surface area contributed by atoms with E-state index in [0.717, 1.165) is 24.0 Å². The third-order valence-corrected chi connectivity index (χ3v) is 5.63. The molecule has 0 unspecified atom stereocenters. The first-order valence-electron chi connectivity index (χ1n) is 10.6. The van der Waals surface area contributed by atoms with E-state index in [0.29, 0.717) is 31.0 Å². The third kappa shape index (κ3) is 5.12. The number of aliphatic hydroxyl groups is 1. The minimum atomic E-state index is -1.07. The van der Waals surface area contributed by atoms with Crippen molar-refractivity contribution in [1.29, 1.82) is 0 Å². The molecule has 2 heterocycles. The summed E-state index contributed by atoms with van der Waals surface area (Å²) in [5, 5.41) is 14.6. The van der Waals surface area contributed by atoms with E-state index in [1.54, 1.807) is 25.1 Å². The largest absolute Gasteiger partial charge is 0.387 e. The van der Waals surface area contributed by atoms with Crippen LogP contribution in [-0.2, 0) is 11.3 Å². The Balaban J connectivity index is 1.52. The second-order valence-corrected chi connectivity index (χ2v) is 8.33. The van der Waals surface area contributed by atoms with Crippen LogP contribution < -0.4 is 5.32 Å². The van der Waals surface area contributed by atoms with Gasteiger partial charge in [0.2, 0.25) is 0 Å². The third-order valence-electron chi connectivity index (χ3n) is 5.63. The Morgan fingerprint density at radius 2 is 1.87 bits per heavy atom. The number of carbonyl (C=O) groups excluding carboxylic acids is 1. The Kier molecular flexibility index (Phi) is 6.36. The van der Waals surface area contributed by atoms with Crippen molar-refractivity contribution in [2.75, 3.05) is 39.4 Å². The standard InChI is InChI=1S/C24H28FN3O3/c1-24(30,17-27-10-12-31-13-11-27)16-26-23(29)22-14-18-6-3-5-9-21(18)28(22)15-19-7-2-4-8-20(19)25/h2-9,14,30H,10-13,15-17H2,1H3,(H,26,29)/t24-/m0/s1. The Labute approximate surface area is 181 Å². The lowest BCUT2D eigenvalue weighted by Crippen LogP contribution is -2.51. The molecule has 1 atom stereocenters. The first-order valence-corrected chi connectivity index (χ1v) is 10.6. The van der Waals surface area contributed by atoms with Crippen LogP contribution in [-0.4, -0.2) is 65.5 Å². The Morgan fingerprint density at radius 3 is 2.65 bits per heavy atom. The smallest absolute Gasteiger partial charge is 0.268 e. The summed E-state index contributed by atoms with van der Waals surface area (Å²) >= 11 is 0. The monoisotopic (exact) mass is 425 g/mol. The number of carbonyl (C=O) groups is 1. The lowest BCUT2D eigenvalue weighted by atomic mass is 10.1. The average Bonchev–Trinajstić information content (AvgIpc) is 3.13. The zero-order chi connectivity index (χ0) is 21.8. The number of hydrogen-bond acceptors (Lipinski definition) is 4. The van der Waals surface area contributed by atoms with Crippen LogP contribution in [0.3, 0.4) is 0 Å². The summed E-state index contributed by atoms with van der Waals surface area (Å²) in [6.07, 6.45) is 0. The van der Waals surface area contributed by atoms with E-state index in [2.05, 4.69) is 10.2 Å². The number of halogens is 1. The number of nitrogens with zero attached hydrogens (tertiary/aromatic N) is 2. The number of benzene rings is 2. The highest BCUT2D eigenvalue weighted by Crippen LogP contribution is 2.22. The van der Waals surface area contributed by atoms with Gasteiger partial charge in [0.25, 0.3) is 5.91 Å². The summed E-state index contributed by atoms with van der Waals surface area (Å²) in [6.45, 7) is 5.36.